The fourth-order valence-electron chi connectivity index (χ4n) is 3.34. The van der Waals surface area contributed by atoms with Gasteiger partial charge in [-0.05, 0) is 50.6 Å². The highest BCUT2D eigenvalue weighted by Crippen LogP contribution is 2.22. The maximum atomic E-state index is 12.3. The predicted octanol–water partition coefficient (Wildman–Crippen LogP) is 1.67. The van der Waals surface area contributed by atoms with Gasteiger partial charge in [0.25, 0.3) is 0 Å². The summed E-state index contributed by atoms with van der Waals surface area (Å²) in [5.41, 5.74) is 0. The molecule has 0 unspecified atom stereocenters. The molecule has 5 nitrogen and oxygen atoms in total. The molecule has 0 aromatic heterocycles. The van der Waals surface area contributed by atoms with E-state index in [4.69, 9.17) is 0 Å². The van der Waals surface area contributed by atoms with Crippen LogP contribution in [0.15, 0.2) is 0 Å². The smallest absolute Gasteiger partial charge is 0.396 e. The van der Waals surface area contributed by atoms with Crippen LogP contribution in [0.1, 0.15) is 25.7 Å². The number of likely N-dealkylation sites (tertiary alicyclic amines) is 2. The Morgan fingerprint density at radius 2 is 1.83 bits per heavy atom. The Balaban J connectivity index is 1.66. The molecule has 8 heteroatoms. The van der Waals surface area contributed by atoms with Gasteiger partial charge in [0.05, 0.1) is 6.54 Å². The number of hydrogen-bond acceptors (Lipinski definition) is 3. The number of nitrogens with zero attached hydrogens (tertiary/aromatic N) is 2. The number of rotatable bonds is 4. The van der Waals surface area contributed by atoms with Crippen LogP contribution in [0.3, 0.4) is 0 Å². The van der Waals surface area contributed by atoms with Gasteiger partial charge in [0.1, 0.15) is 0 Å². The van der Waals surface area contributed by atoms with Crippen molar-refractivity contribution in [3.8, 4) is 0 Å². The number of aliphatic hydroxyl groups excluding tert-OH is 1. The van der Waals surface area contributed by atoms with Crippen LogP contribution in [0.5, 0.6) is 0 Å². The molecule has 0 aromatic rings. The minimum atomic E-state index is -4.14. The van der Waals surface area contributed by atoms with E-state index < -0.39 is 12.7 Å². The Bertz CT molecular complexity index is 385. The molecule has 2 N–H and O–H groups in total. The van der Waals surface area contributed by atoms with Gasteiger partial charge in [-0.2, -0.15) is 13.2 Å². The quantitative estimate of drug-likeness (QED) is 0.821. The number of nitrogens with one attached hydrogen (secondary N) is 1. The topological polar surface area (TPSA) is 55.8 Å². The molecule has 2 rings (SSSR count). The number of halogens is 3. The fourth-order valence-corrected chi connectivity index (χ4v) is 3.34. The first kappa shape index (κ1) is 18.3. The summed E-state index contributed by atoms with van der Waals surface area (Å²) in [5.74, 6) is 0.391. The van der Waals surface area contributed by atoms with Gasteiger partial charge in [-0.15, -0.1) is 0 Å². The molecule has 2 aliphatic rings. The minimum absolute atomic E-state index is 0.0987. The second-order valence-corrected chi connectivity index (χ2v) is 6.66. The number of carbonyl (C=O) groups is 1. The molecule has 1 atom stereocenters. The van der Waals surface area contributed by atoms with Crippen molar-refractivity contribution in [2.24, 2.45) is 11.8 Å². The molecule has 2 aliphatic heterocycles. The van der Waals surface area contributed by atoms with Crippen molar-refractivity contribution >= 4 is 6.03 Å². The van der Waals surface area contributed by atoms with E-state index >= 15 is 0 Å². The van der Waals surface area contributed by atoms with Crippen molar-refractivity contribution in [1.29, 1.82) is 0 Å². The molecular formula is C15H26F3N3O2. The third-order valence-electron chi connectivity index (χ3n) is 4.72. The molecule has 2 fully saturated rings. The van der Waals surface area contributed by atoms with Gasteiger partial charge in [-0.3, -0.25) is 4.90 Å². The molecule has 134 valence electrons. The highest BCUT2D eigenvalue weighted by molar-refractivity contribution is 5.74. The molecule has 0 aliphatic carbocycles. The van der Waals surface area contributed by atoms with Crippen LogP contribution >= 0.6 is 0 Å². The predicted molar refractivity (Wildman–Crippen MR) is 80.0 cm³/mol. The largest absolute Gasteiger partial charge is 0.401 e. The first-order valence-corrected chi connectivity index (χ1v) is 8.30. The maximum absolute atomic E-state index is 12.3. The van der Waals surface area contributed by atoms with Crippen LogP contribution in [0.2, 0.25) is 0 Å². The molecule has 0 aromatic carbocycles. The number of carbonyl (C=O) groups excluding carboxylic acids is 1. The van der Waals surface area contributed by atoms with Crippen molar-refractivity contribution < 1.29 is 23.1 Å². The molecular weight excluding hydrogens is 311 g/mol. The summed E-state index contributed by atoms with van der Waals surface area (Å²) in [6.45, 7) is 1.90. The first-order chi connectivity index (χ1) is 10.9. The standard InChI is InChI=1S/C15H26F3N3O2/c16-15(17,18)11-20-6-3-12(4-7-20)8-19-14(23)21-5-1-2-13(9-21)10-22/h12-13,22H,1-11H2,(H,19,23)/t13-/m1/s1. The van der Waals surface area contributed by atoms with Gasteiger partial charge in [0.15, 0.2) is 0 Å². The molecule has 0 spiro atoms. The van der Waals surface area contributed by atoms with Gasteiger partial charge in [-0.25, -0.2) is 4.79 Å². The lowest BCUT2D eigenvalue weighted by molar-refractivity contribution is -0.148. The Morgan fingerprint density at radius 1 is 1.13 bits per heavy atom. The summed E-state index contributed by atoms with van der Waals surface area (Å²) in [6.07, 6.45) is -0.948. The van der Waals surface area contributed by atoms with Gasteiger partial charge in [0.2, 0.25) is 0 Å². The van der Waals surface area contributed by atoms with E-state index in [2.05, 4.69) is 5.32 Å². The zero-order chi connectivity index (χ0) is 16.9. The lowest BCUT2D eigenvalue weighted by Gasteiger charge is -2.34. The molecule has 0 radical (unpaired) electrons. The van der Waals surface area contributed by atoms with Crippen molar-refractivity contribution in [2.75, 3.05) is 45.9 Å². The summed E-state index contributed by atoms with van der Waals surface area (Å²) in [7, 11) is 0. The van der Waals surface area contributed by atoms with Crippen molar-refractivity contribution in [2.45, 2.75) is 31.9 Å². The van der Waals surface area contributed by atoms with Crippen LogP contribution < -0.4 is 5.32 Å². The van der Waals surface area contributed by atoms with Gasteiger partial charge in [0, 0.05) is 26.2 Å². The second-order valence-electron chi connectivity index (χ2n) is 6.66. The van der Waals surface area contributed by atoms with Crippen molar-refractivity contribution in [3.05, 3.63) is 0 Å². The van der Waals surface area contributed by atoms with E-state index in [1.54, 1.807) is 4.90 Å². The Morgan fingerprint density at radius 3 is 2.43 bits per heavy atom. The summed E-state index contributed by atoms with van der Waals surface area (Å²) in [6, 6.07) is -0.124. The highest BCUT2D eigenvalue weighted by atomic mass is 19.4. The molecule has 2 amide bonds. The lowest BCUT2D eigenvalue weighted by atomic mass is 9.96. The van der Waals surface area contributed by atoms with Crippen molar-refractivity contribution in [3.63, 3.8) is 0 Å². The minimum Gasteiger partial charge on any atom is -0.396 e. The number of alkyl halides is 3. The van der Waals surface area contributed by atoms with E-state index in [9.17, 15) is 23.1 Å². The molecule has 2 saturated heterocycles. The Kier molecular flexibility index (Phi) is 6.52. The van der Waals surface area contributed by atoms with Crippen LogP contribution in [0.25, 0.3) is 0 Å². The van der Waals surface area contributed by atoms with Crippen LogP contribution in [0.4, 0.5) is 18.0 Å². The van der Waals surface area contributed by atoms with E-state index in [1.807, 2.05) is 0 Å². The number of hydrogen-bond donors (Lipinski definition) is 2. The lowest BCUT2D eigenvalue weighted by Crippen LogP contribution is -2.48. The van der Waals surface area contributed by atoms with Gasteiger partial charge in [-0.1, -0.05) is 0 Å². The van der Waals surface area contributed by atoms with E-state index in [0.717, 1.165) is 12.8 Å². The zero-order valence-electron chi connectivity index (χ0n) is 13.3. The molecule has 2 heterocycles. The van der Waals surface area contributed by atoms with Crippen LogP contribution in [-0.2, 0) is 0 Å². The second kappa shape index (κ2) is 8.19. The Hall–Kier alpha value is -1.02. The highest BCUT2D eigenvalue weighted by Gasteiger charge is 2.32. The monoisotopic (exact) mass is 337 g/mol. The molecule has 0 bridgehead atoms. The zero-order valence-corrected chi connectivity index (χ0v) is 13.3. The number of aliphatic hydroxyl groups is 1. The summed E-state index contributed by atoms with van der Waals surface area (Å²) in [4.78, 5) is 15.3. The molecule has 0 saturated carbocycles. The first-order valence-electron chi connectivity index (χ1n) is 8.30. The fraction of sp³-hybridized carbons (Fsp3) is 0.933. The van der Waals surface area contributed by atoms with Crippen molar-refractivity contribution in [1.82, 2.24) is 15.1 Å². The third-order valence-corrected chi connectivity index (χ3v) is 4.72. The third kappa shape index (κ3) is 6.18. The van der Waals surface area contributed by atoms with Crippen LogP contribution in [-0.4, -0.2) is 73.0 Å². The Labute approximate surface area is 134 Å². The number of piperidine rings is 2. The number of urea groups is 1. The summed E-state index contributed by atoms with van der Waals surface area (Å²) >= 11 is 0. The normalized spacial score (nSPS) is 24.7. The van der Waals surface area contributed by atoms with E-state index in [1.165, 1.54) is 4.90 Å². The molecule has 23 heavy (non-hydrogen) atoms. The van der Waals surface area contributed by atoms with Gasteiger partial charge >= 0.3 is 12.2 Å². The average Bonchev–Trinajstić information content (AvgIpc) is 2.52. The maximum Gasteiger partial charge on any atom is 0.401 e. The van der Waals surface area contributed by atoms with E-state index in [-0.39, 0.29) is 24.5 Å². The van der Waals surface area contributed by atoms with Gasteiger partial charge < -0.3 is 15.3 Å². The van der Waals surface area contributed by atoms with Crippen LogP contribution in [0, 0.1) is 11.8 Å². The van der Waals surface area contributed by atoms with E-state index in [0.29, 0.717) is 45.6 Å². The number of amides is 2. The summed E-state index contributed by atoms with van der Waals surface area (Å²) < 4.78 is 37.0. The average molecular weight is 337 g/mol. The SMILES string of the molecule is O=C(NCC1CCN(CC(F)(F)F)CC1)N1CCC[C@@H](CO)C1. The summed E-state index contributed by atoms with van der Waals surface area (Å²) in [5, 5.41) is 12.1.